The number of anilines is 2. The highest BCUT2D eigenvalue weighted by atomic mass is 32.1. The molecule has 0 aliphatic carbocycles. The van der Waals surface area contributed by atoms with Crippen LogP contribution in [0.5, 0.6) is 0 Å². The molecule has 2 aromatic heterocycles. The number of amides is 3. The third-order valence-electron chi connectivity index (χ3n) is 5.02. The quantitative estimate of drug-likeness (QED) is 0.577. The smallest absolute Gasteiger partial charge is 0.319 e. The topological polar surface area (TPSA) is 74.3 Å². The average molecular weight is 441 g/mol. The van der Waals surface area contributed by atoms with Crippen LogP contribution in [0.1, 0.15) is 47.3 Å². The first kappa shape index (κ1) is 20.6. The molecule has 6 nitrogen and oxygen atoms in total. The highest BCUT2D eigenvalue weighted by molar-refractivity contribution is 7.16. The number of rotatable bonds is 3. The van der Waals surface area contributed by atoms with Crippen molar-refractivity contribution in [2.75, 3.05) is 17.2 Å². The number of urea groups is 1. The van der Waals surface area contributed by atoms with Gasteiger partial charge in [0, 0.05) is 28.9 Å². The fourth-order valence-electron chi connectivity index (χ4n) is 3.24. The third-order valence-corrected chi connectivity index (χ3v) is 6.71. The molecular weight excluding hydrogens is 416 g/mol. The Bertz CT molecular complexity index is 1050. The van der Waals surface area contributed by atoms with Crippen LogP contribution in [0.25, 0.3) is 0 Å². The predicted molar refractivity (Wildman–Crippen MR) is 123 cm³/mol. The van der Waals surface area contributed by atoms with Gasteiger partial charge in [0.25, 0.3) is 5.91 Å². The van der Waals surface area contributed by atoms with Crippen LogP contribution in [0, 0.1) is 0 Å². The molecule has 1 aromatic carbocycles. The number of hydrogen-bond acceptors (Lipinski definition) is 5. The van der Waals surface area contributed by atoms with E-state index in [1.807, 2.05) is 22.9 Å². The lowest BCUT2D eigenvalue weighted by Crippen LogP contribution is -2.38. The van der Waals surface area contributed by atoms with Gasteiger partial charge in [0.2, 0.25) is 0 Å². The Morgan fingerprint density at radius 2 is 1.87 bits per heavy atom. The van der Waals surface area contributed by atoms with Gasteiger partial charge in [-0.05, 0) is 34.6 Å². The molecular formula is C22H24N4O2S2. The second kappa shape index (κ2) is 8.20. The van der Waals surface area contributed by atoms with Crippen molar-refractivity contribution in [1.29, 1.82) is 0 Å². The maximum Gasteiger partial charge on any atom is 0.322 e. The van der Waals surface area contributed by atoms with E-state index in [-0.39, 0.29) is 17.4 Å². The minimum absolute atomic E-state index is 0.0779. The molecule has 8 heteroatoms. The number of aromatic nitrogens is 1. The zero-order valence-electron chi connectivity index (χ0n) is 17.2. The summed E-state index contributed by atoms with van der Waals surface area (Å²) in [5.74, 6) is -0.157. The van der Waals surface area contributed by atoms with Gasteiger partial charge in [0.1, 0.15) is 0 Å². The van der Waals surface area contributed by atoms with E-state index in [1.165, 1.54) is 28.2 Å². The number of nitrogens with zero attached hydrogens (tertiary/aromatic N) is 2. The Labute approximate surface area is 184 Å². The number of carbonyl (C=O) groups excluding carboxylic acids is 2. The summed E-state index contributed by atoms with van der Waals surface area (Å²) in [6.45, 7) is 7.59. The van der Waals surface area contributed by atoms with Crippen molar-refractivity contribution in [3.8, 4) is 0 Å². The fourth-order valence-corrected chi connectivity index (χ4v) is 4.90. The van der Waals surface area contributed by atoms with Gasteiger partial charge in [-0.1, -0.05) is 44.2 Å². The van der Waals surface area contributed by atoms with Crippen molar-refractivity contribution >= 4 is 45.4 Å². The fraction of sp³-hybridized carbons (Fsp3) is 0.318. The van der Waals surface area contributed by atoms with Crippen molar-refractivity contribution in [3.63, 3.8) is 0 Å². The molecule has 0 radical (unpaired) electrons. The summed E-state index contributed by atoms with van der Waals surface area (Å²) >= 11 is 2.91. The number of hydrogen-bond donors (Lipinski definition) is 2. The van der Waals surface area contributed by atoms with E-state index >= 15 is 0 Å². The molecule has 0 saturated heterocycles. The van der Waals surface area contributed by atoms with E-state index in [0.29, 0.717) is 30.2 Å². The number of benzene rings is 1. The molecule has 0 fully saturated rings. The number of fused-ring (bicyclic) bond motifs is 1. The van der Waals surface area contributed by atoms with E-state index < -0.39 is 0 Å². The van der Waals surface area contributed by atoms with Crippen LogP contribution in [0.2, 0.25) is 0 Å². The summed E-state index contributed by atoms with van der Waals surface area (Å²) in [4.78, 5) is 32.3. The van der Waals surface area contributed by atoms with Crippen molar-refractivity contribution in [2.45, 2.75) is 39.2 Å². The van der Waals surface area contributed by atoms with Crippen LogP contribution in [0.4, 0.5) is 15.6 Å². The summed E-state index contributed by atoms with van der Waals surface area (Å²) in [7, 11) is 0. The summed E-state index contributed by atoms with van der Waals surface area (Å²) in [6, 6.07) is 9.65. The first-order valence-corrected chi connectivity index (χ1v) is 11.5. The molecule has 4 rings (SSSR count). The van der Waals surface area contributed by atoms with Crippen molar-refractivity contribution in [3.05, 3.63) is 62.8 Å². The standard InChI is InChI=1S/C22H24N4O2S2/c1-22(2,3)15-4-6-16(7-5-15)23-21(28)26-10-8-17-18(12-26)30-20(24-17)25-19(27)14-9-11-29-13-14/h4-7,9,11,13H,8,10,12H2,1-3H3,(H,23,28)(H,24,25,27). The zero-order chi connectivity index (χ0) is 21.3. The highest BCUT2D eigenvalue weighted by Gasteiger charge is 2.25. The van der Waals surface area contributed by atoms with E-state index in [1.54, 1.807) is 11.0 Å². The average Bonchev–Trinajstić information content (AvgIpc) is 3.36. The summed E-state index contributed by atoms with van der Waals surface area (Å²) < 4.78 is 0. The number of thiophene rings is 1. The zero-order valence-corrected chi connectivity index (χ0v) is 18.8. The van der Waals surface area contributed by atoms with Crippen molar-refractivity contribution in [2.24, 2.45) is 0 Å². The number of carbonyl (C=O) groups is 2. The molecule has 0 unspecified atom stereocenters. The second-order valence-corrected chi connectivity index (χ2v) is 10.1. The Hall–Kier alpha value is -2.71. The lowest BCUT2D eigenvalue weighted by molar-refractivity contribution is 0.102. The molecule has 156 valence electrons. The van der Waals surface area contributed by atoms with Crippen LogP contribution in [-0.2, 0) is 18.4 Å². The van der Waals surface area contributed by atoms with Gasteiger partial charge in [-0.25, -0.2) is 9.78 Å². The van der Waals surface area contributed by atoms with Gasteiger partial charge in [0.05, 0.1) is 17.8 Å². The van der Waals surface area contributed by atoms with Crippen LogP contribution >= 0.6 is 22.7 Å². The van der Waals surface area contributed by atoms with Gasteiger partial charge >= 0.3 is 6.03 Å². The minimum atomic E-state index is -0.157. The Balaban J connectivity index is 1.38. The first-order valence-electron chi connectivity index (χ1n) is 9.78. The first-order chi connectivity index (χ1) is 14.3. The van der Waals surface area contributed by atoms with E-state index in [0.717, 1.165) is 16.3 Å². The van der Waals surface area contributed by atoms with Gasteiger partial charge < -0.3 is 10.2 Å². The summed E-state index contributed by atoms with van der Waals surface area (Å²) in [5, 5.41) is 10.1. The molecule has 0 saturated carbocycles. The van der Waals surface area contributed by atoms with Crippen LogP contribution in [0.15, 0.2) is 41.1 Å². The molecule has 1 aliphatic rings. The Kier molecular flexibility index (Phi) is 5.62. The monoisotopic (exact) mass is 440 g/mol. The van der Waals surface area contributed by atoms with Crippen LogP contribution in [0.3, 0.4) is 0 Å². The minimum Gasteiger partial charge on any atom is -0.319 e. The molecule has 0 spiro atoms. The molecule has 0 atom stereocenters. The predicted octanol–water partition coefficient (Wildman–Crippen LogP) is 5.34. The number of nitrogens with one attached hydrogen (secondary N) is 2. The SMILES string of the molecule is CC(C)(C)c1ccc(NC(=O)N2CCc3nc(NC(=O)c4ccsc4)sc3C2)cc1. The van der Waals surface area contributed by atoms with Crippen LogP contribution in [-0.4, -0.2) is 28.4 Å². The largest absolute Gasteiger partial charge is 0.322 e. The van der Waals surface area contributed by atoms with Gasteiger partial charge in [-0.3, -0.25) is 10.1 Å². The van der Waals surface area contributed by atoms with E-state index in [2.05, 4.69) is 48.5 Å². The molecule has 0 bridgehead atoms. The molecule has 3 heterocycles. The van der Waals surface area contributed by atoms with E-state index in [4.69, 9.17) is 0 Å². The second-order valence-electron chi connectivity index (χ2n) is 8.28. The highest BCUT2D eigenvalue weighted by Crippen LogP contribution is 2.29. The normalized spacial score (nSPS) is 13.6. The summed E-state index contributed by atoms with van der Waals surface area (Å²) in [5.41, 5.74) is 3.68. The lowest BCUT2D eigenvalue weighted by Gasteiger charge is -2.26. The maximum absolute atomic E-state index is 12.7. The third kappa shape index (κ3) is 4.55. The Morgan fingerprint density at radius 3 is 2.53 bits per heavy atom. The lowest BCUT2D eigenvalue weighted by atomic mass is 9.87. The van der Waals surface area contributed by atoms with Crippen LogP contribution < -0.4 is 10.6 Å². The van der Waals surface area contributed by atoms with E-state index in [9.17, 15) is 9.59 Å². The molecule has 2 N–H and O–H groups in total. The molecule has 3 aromatic rings. The maximum atomic E-state index is 12.7. The summed E-state index contributed by atoms with van der Waals surface area (Å²) in [6.07, 6.45) is 0.677. The van der Waals surface area contributed by atoms with Gasteiger partial charge in [-0.15, -0.1) is 0 Å². The van der Waals surface area contributed by atoms with Gasteiger partial charge in [-0.2, -0.15) is 11.3 Å². The van der Waals surface area contributed by atoms with Crippen molar-refractivity contribution < 1.29 is 9.59 Å². The Morgan fingerprint density at radius 1 is 1.10 bits per heavy atom. The molecule has 30 heavy (non-hydrogen) atoms. The molecule has 3 amide bonds. The van der Waals surface area contributed by atoms with Crippen molar-refractivity contribution in [1.82, 2.24) is 9.88 Å². The molecule has 1 aliphatic heterocycles. The van der Waals surface area contributed by atoms with Gasteiger partial charge in [0.15, 0.2) is 5.13 Å². The number of thiazole rings is 1.